The van der Waals surface area contributed by atoms with Gasteiger partial charge in [-0.15, -0.1) is 10.2 Å². The molecule has 1 aliphatic heterocycles. The minimum absolute atomic E-state index is 0.00242. The Morgan fingerprint density at radius 3 is 2.53 bits per heavy atom. The molecule has 1 aliphatic rings. The second kappa shape index (κ2) is 9.17. The number of amides is 1. The van der Waals surface area contributed by atoms with E-state index in [-0.39, 0.29) is 17.5 Å². The predicted molar refractivity (Wildman–Crippen MR) is 112 cm³/mol. The highest BCUT2D eigenvalue weighted by Gasteiger charge is 2.23. The van der Waals surface area contributed by atoms with Crippen LogP contribution < -0.4 is 9.64 Å². The van der Waals surface area contributed by atoms with Gasteiger partial charge in [0.25, 0.3) is 5.22 Å². The average molecular weight is 428 g/mol. The second-order valence-corrected chi connectivity index (χ2v) is 7.64. The lowest BCUT2D eigenvalue weighted by Crippen LogP contribution is -2.49. The van der Waals surface area contributed by atoms with Gasteiger partial charge in [-0.2, -0.15) is 0 Å². The Labute approximate surface area is 177 Å². The van der Waals surface area contributed by atoms with Gasteiger partial charge in [0.1, 0.15) is 11.6 Å². The number of anilines is 1. The van der Waals surface area contributed by atoms with Gasteiger partial charge in [0.15, 0.2) is 0 Å². The van der Waals surface area contributed by atoms with Crippen LogP contribution in [0.25, 0.3) is 11.5 Å². The van der Waals surface area contributed by atoms with Crippen LogP contribution in [0.4, 0.5) is 10.1 Å². The first-order valence-corrected chi connectivity index (χ1v) is 10.5. The Bertz CT molecular complexity index is 1000. The molecule has 0 unspecified atom stereocenters. The maximum atomic E-state index is 13.9. The molecule has 0 aliphatic carbocycles. The molecule has 1 aromatic heterocycles. The fourth-order valence-corrected chi connectivity index (χ4v) is 3.90. The standard InChI is InChI=1S/C21H21FN4O3S/c1-28-16-8-6-15(7-9-16)20-23-24-21(29-20)30-14-19(27)26-12-10-25(11-13-26)18-5-3-2-4-17(18)22/h2-9H,10-14H2,1H3. The summed E-state index contributed by atoms with van der Waals surface area (Å²) in [5.41, 5.74) is 1.36. The highest BCUT2D eigenvalue weighted by Crippen LogP contribution is 2.25. The van der Waals surface area contributed by atoms with Crippen molar-refractivity contribution in [3.63, 3.8) is 0 Å². The van der Waals surface area contributed by atoms with E-state index in [2.05, 4.69) is 10.2 Å². The van der Waals surface area contributed by atoms with Gasteiger partial charge in [-0.1, -0.05) is 23.9 Å². The van der Waals surface area contributed by atoms with Crippen LogP contribution in [0.15, 0.2) is 58.2 Å². The summed E-state index contributed by atoms with van der Waals surface area (Å²) in [7, 11) is 1.60. The Morgan fingerprint density at radius 1 is 1.10 bits per heavy atom. The van der Waals surface area contributed by atoms with Crippen molar-refractivity contribution in [3.05, 3.63) is 54.3 Å². The Kier molecular flexibility index (Phi) is 6.18. The summed E-state index contributed by atoms with van der Waals surface area (Å²) in [6.07, 6.45) is 0. The largest absolute Gasteiger partial charge is 0.497 e. The summed E-state index contributed by atoms with van der Waals surface area (Å²) in [5, 5.41) is 8.39. The fraction of sp³-hybridized carbons (Fsp3) is 0.286. The van der Waals surface area contributed by atoms with Gasteiger partial charge in [-0.25, -0.2) is 4.39 Å². The van der Waals surface area contributed by atoms with Crippen molar-refractivity contribution in [3.8, 4) is 17.2 Å². The van der Waals surface area contributed by atoms with Gasteiger partial charge >= 0.3 is 0 Å². The molecule has 2 heterocycles. The molecule has 0 saturated carbocycles. The minimum Gasteiger partial charge on any atom is -0.497 e. The lowest BCUT2D eigenvalue weighted by Gasteiger charge is -2.36. The molecule has 0 atom stereocenters. The molecular weight excluding hydrogens is 407 g/mol. The molecule has 1 fully saturated rings. The monoisotopic (exact) mass is 428 g/mol. The van der Waals surface area contributed by atoms with Crippen LogP contribution in [0, 0.1) is 5.82 Å². The van der Waals surface area contributed by atoms with Crippen molar-refractivity contribution in [1.29, 1.82) is 0 Å². The second-order valence-electron chi connectivity index (χ2n) is 6.71. The van der Waals surface area contributed by atoms with E-state index >= 15 is 0 Å². The third-order valence-corrected chi connectivity index (χ3v) is 5.69. The third kappa shape index (κ3) is 4.56. The molecular formula is C21H21FN4O3S. The molecule has 7 nitrogen and oxygen atoms in total. The van der Waals surface area contributed by atoms with Crippen LogP contribution in [0.1, 0.15) is 0 Å². The molecule has 9 heteroatoms. The van der Waals surface area contributed by atoms with Gasteiger partial charge in [-0.3, -0.25) is 4.79 Å². The summed E-state index contributed by atoms with van der Waals surface area (Å²) in [6.45, 7) is 2.29. The van der Waals surface area contributed by atoms with Crippen molar-refractivity contribution in [2.24, 2.45) is 0 Å². The number of halogens is 1. The Morgan fingerprint density at radius 2 is 1.83 bits per heavy atom. The summed E-state index contributed by atoms with van der Waals surface area (Å²) in [4.78, 5) is 16.3. The lowest BCUT2D eigenvalue weighted by atomic mass is 10.2. The van der Waals surface area contributed by atoms with E-state index in [9.17, 15) is 9.18 Å². The molecule has 3 aromatic rings. The van der Waals surface area contributed by atoms with Crippen molar-refractivity contribution >= 4 is 23.4 Å². The fourth-order valence-electron chi connectivity index (χ4n) is 3.24. The SMILES string of the molecule is COc1ccc(-c2nnc(SCC(=O)N3CCN(c4ccccc4F)CC3)o2)cc1. The first-order chi connectivity index (χ1) is 14.6. The van der Waals surface area contributed by atoms with Crippen LogP contribution >= 0.6 is 11.8 Å². The zero-order valence-electron chi connectivity index (χ0n) is 16.5. The van der Waals surface area contributed by atoms with Gasteiger partial charge in [0.05, 0.1) is 18.6 Å². The highest BCUT2D eigenvalue weighted by molar-refractivity contribution is 7.99. The van der Waals surface area contributed by atoms with Gasteiger partial charge < -0.3 is 19.0 Å². The quantitative estimate of drug-likeness (QED) is 0.558. The molecule has 30 heavy (non-hydrogen) atoms. The number of carbonyl (C=O) groups is 1. The zero-order chi connectivity index (χ0) is 20.9. The molecule has 156 valence electrons. The summed E-state index contributed by atoms with van der Waals surface area (Å²) >= 11 is 1.22. The number of benzene rings is 2. The number of nitrogens with zero attached hydrogens (tertiary/aromatic N) is 4. The van der Waals surface area contributed by atoms with Gasteiger partial charge in [-0.05, 0) is 36.4 Å². The molecule has 0 N–H and O–H groups in total. The Hall–Kier alpha value is -3.07. The molecule has 0 spiro atoms. The molecule has 0 bridgehead atoms. The molecule has 1 saturated heterocycles. The normalized spacial score (nSPS) is 14.1. The number of para-hydroxylation sites is 1. The number of aromatic nitrogens is 2. The number of hydrogen-bond acceptors (Lipinski definition) is 7. The third-order valence-electron chi connectivity index (χ3n) is 4.89. The van der Waals surface area contributed by atoms with E-state index in [1.54, 1.807) is 24.1 Å². The number of rotatable bonds is 6. The molecule has 0 radical (unpaired) electrons. The van der Waals surface area contributed by atoms with Crippen LogP contribution in [-0.4, -0.2) is 60.0 Å². The maximum Gasteiger partial charge on any atom is 0.277 e. The van der Waals surface area contributed by atoms with Crippen LogP contribution in [0.2, 0.25) is 0 Å². The highest BCUT2D eigenvalue weighted by atomic mass is 32.2. The summed E-state index contributed by atoms with van der Waals surface area (Å²) in [5.74, 6) is 1.11. The van der Waals surface area contributed by atoms with Crippen molar-refractivity contribution in [2.45, 2.75) is 5.22 Å². The first kappa shape index (κ1) is 20.2. The van der Waals surface area contributed by atoms with Crippen molar-refractivity contribution < 1.29 is 18.3 Å². The van der Waals surface area contributed by atoms with E-state index in [0.717, 1.165) is 11.3 Å². The summed E-state index contributed by atoms with van der Waals surface area (Å²) in [6, 6.07) is 14.0. The topological polar surface area (TPSA) is 71.7 Å². The molecule has 1 amide bonds. The van der Waals surface area contributed by atoms with E-state index < -0.39 is 0 Å². The minimum atomic E-state index is -0.239. The first-order valence-electron chi connectivity index (χ1n) is 9.52. The van der Waals surface area contributed by atoms with Crippen molar-refractivity contribution in [1.82, 2.24) is 15.1 Å². The van der Waals surface area contributed by atoms with Gasteiger partial charge in [0.2, 0.25) is 11.8 Å². The predicted octanol–water partition coefficient (Wildman–Crippen LogP) is 3.33. The Balaban J connectivity index is 1.28. The van der Waals surface area contributed by atoms with Crippen LogP contribution in [0.5, 0.6) is 5.75 Å². The number of thioether (sulfide) groups is 1. The van der Waals surface area contributed by atoms with E-state index in [1.165, 1.54) is 17.8 Å². The van der Waals surface area contributed by atoms with Gasteiger partial charge in [0, 0.05) is 31.7 Å². The smallest absolute Gasteiger partial charge is 0.277 e. The maximum absolute atomic E-state index is 13.9. The van der Waals surface area contributed by atoms with Crippen LogP contribution in [-0.2, 0) is 4.79 Å². The molecule has 4 rings (SSSR count). The number of ether oxygens (including phenoxy) is 1. The number of methoxy groups -OCH3 is 1. The van der Waals surface area contributed by atoms with E-state index in [0.29, 0.717) is 43.0 Å². The average Bonchev–Trinajstić information content (AvgIpc) is 3.27. The van der Waals surface area contributed by atoms with Crippen LogP contribution in [0.3, 0.4) is 0 Å². The molecule has 2 aromatic carbocycles. The lowest BCUT2D eigenvalue weighted by molar-refractivity contribution is -0.128. The number of hydrogen-bond donors (Lipinski definition) is 0. The van der Waals surface area contributed by atoms with Crippen molar-refractivity contribution in [2.75, 3.05) is 43.9 Å². The zero-order valence-corrected chi connectivity index (χ0v) is 17.3. The summed E-state index contributed by atoms with van der Waals surface area (Å²) < 4.78 is 24.7. The van der Waals surface area contributed by atoms with E-state index in [1.807, 2.05) is 35.2 Å². The van der Waals surface area contributed by atoms with E-state index in [4.69, 9.17) is 9.15 Å². The number of carbonyl (C=O) groups excluding carboxylic acids is 1. The number of piperazine rings is 1.